The molecular formula is C28H29N3O5S2. The molecule has 0 aliphatic carbocycles. The number of amides is 2. The van der Waals surface area contributed by atoms with Gasteiger partial charge in [0, 0.05) is 17.1 Å². The lowest BCUT2D eigenvalue weighted by molar-refractivity contribution is -0.124. The summed E-state index contributed by atoms with van der Waals surface area (Å²) in [5.74, 6) is -0.341. The molecule has 2 aromatic carbocycles. The fourth-order valence-electron chi connectivity index (χ4n) is 4.23. The number of thiocarbonyl (C=S) groups is 1. The molecule has 0 spiro atoms. The zero-order valence-electron chi connectivity index (χ0n) is 21.4. The van der Waals surface area contributed by atoms with E-state index in [1.54, 1.807) is 73.9 Å². The monoisotopic (exact) mass is 551 g/mol. The predicted molar refractivity (Wildman–Crippen MR) is 152 cm³/mol. The average Bonchev–Trinajstić information content (AvgIpc) is 3.42. The summed E-state index contributed by atoms with van der Waals surface area (Å²) in [6.45, 7) is 4.58. The molecule has 1 N–H and O–H groups in total. The molecule has 4 rings (SSSR count). The SMILES string of the molecule is CCOC(=O)c1ccc(NC(=O)C[C@H]2C(=O)N(c3ccc(OC)cc3)C(=S)N2CCc2sccc2C)cc1. The number of nitrogens with one attached hydrogen (secondary N) is 1. The van der Waals surface area contributed by atoms with Crippen molar-refractivity contribution in [2.45, 2.75) is 32.7 Å². The first-order chi connectivity index (χ1) is 18.3. The van der Waals surface area contributed by atoms with Gasteiger partial charge < -0.3 is 19.7 Å². The van der Waals surface area contributed by atoms with Gasteiger partial charge in [0.1, 0.15) is 11.8 Å². The van der Waals surface area contributed by atoms with Crippen molar-refractivity contribution >= 4 is 57.8 Å². The van der Waals surface area contributed by atoms with Gasteiger partial charge in [-0.05, 0) is 98.0 Å². The molecule has 1 saturated heterocycles. The molecule has 2 heterocycles. The second-order valence-corrected chi connectivity index (χ2v) is 10.1. The Balaban J connectivity index is 1.51. The van der Waals surface area contributed by atoms with Gasteiger partial charge in [-0.2, -0.15) is 0 Å². The average molecular weight is 552 g/mol. The number of hydrogen-bond acceptors (Lipinski definition) is 7. The van der Waals surface area contributed by atoms with Gasteiger partial charge in [-0.15, -0.1) is 11.3 Å². The number of rotatable bonds is 10. The van der Waals surface area contributed by atoms with E-state index >= 15 is 0 Å². The quantitative estimate of drug-likeness (QED) is 0.286. The molecule has 1 aromatic heterocycles. The van der Waals surface area contributed by atoms with Crippen LogP contribution in [-0.4, -0.2) is 54.1 Å². The Kier molecular flexibility index (Phi) is 8.75. The van der Waals surface area contributed by atoms with Crippen molar-refractivity contribution in [2.75, 3.05) is 30.5 Å². The van der Waals surface area contributed by atoms with Crippen LogP contribution in [0.1, 0.15) is 34.1 Å². The molecule has 1 atom stereocenters. The Morgan fingerprint density at radius 2 is 1.79 bits per heavy atom. The van der Waals surface area contributed by atoms with E-state index in [-0.39, 0.29) is 24.8 Å². The van der Waals surface area contributed by atoms with Gasteiger partial charge in [0.15, 0.2) is 5.11 Å². The second-order valence-electron chi connectivity index (χ2n) is 8.69. The van der Waals surface area contributed by atoms with E-state index in [2.05, 4.69) is 18.3 Å². The van der Waals surface area contributed by atoms with E-state index < -0.39 is 12.0 Å². The summed E-state index contributed by atoms with van der Waals surface area (Å²) in [6.07, 6.45) is 0.634. The number of thiophene rings is 1. The van der Waals surface area contributed by atoms with Crippen LogP contribution in [0.3, 0.4) is 0 Å². The zero-order valence-corrected chi connectivity index (χ0v) is 23.1. The number of anilines is 2. The van der Waals surface area contributed by atoms with E-state index in [1.807, 2.05) is 10.3 Å². The van der Waals surface area contributed by atoms with Gasteiger partial charge in [-0.1, -0.05) is 0 Å². The molecule has 38 heavy (non-hydrogen) atoms. The highest BCUT2D eigenvalue weighted by atomic mass is 32.1. The molecule has 0 saturated carbocycles. The summed E-state index contributed by atoms with van der Waals surface area (Å²) in [6, 6.07) is 14.8. The maximum atomic E-state index is 13.6. The van der Waals surface area contributed by atoms with Crippen molar-refractivity contribution in [2.24, 2.45) is 0 Å². The Morgan fingerprint density at radius 1 is 1.08 bits per heavy atom. The number of carbonyl (C=O) groups is 3. The highest BCUT2D eigenvalue weighted by molar-refractivity contribution is 7.80. The van der Waals surface area contributed by atoms with Crippen LogP contribution in [0.5, 0.6) is 5.75 Å². The van der Waals surface area contributed by atoms with E-state index in [0.29, 0.717) is 40.8 Å². The number of hydrogen-bond donors (Lipinski definition) is 1. The van der Waals surface area contributed by atoms with Crippen molar-refractivity contribution in [3.8, 4) is 5.75 Å². The molecule has 0 unspecified atom stereocenters. The number of methoxy groups -OCH3 is 1. The summed E-state index contributed by atoms with van der Waals surface area (Å²) in [5.41, 5.74) is 2.73. The van der Waals surface area contributed by atoms with Gasteiger partial charge in [0.25, 0.3) is 5.91 Å². The highest BCUT2D eigenvalue weighted by Crippen LogP contribution is 2.29. The molecular weight excluding hydrogens is 522 g/mol. The van der Waals surface area contributed by atoms with Crippen molar-refractivity contribution < 1.29 is 23.9 Å². The van der Waals surface area contributed by atoms with Crippen LogP contribution in [0.2, 0.25) is 0 Å². The van der Waals surface area contributed by atoms with Gasteiger partial charge in [0.2, 0.25) is 5.91 Å². The van der Waals surface area contributed by atoms with Crippen LogP contribution < -0.4 is 15.0 Å². The van der Waals surface area contributed by atoms with Crippen LogP contribution in [0.4, 0.5) is 11.4 Å². The number of carbonyl (C=O) groups excluding carboxylic acids is 3. The standard InChI is InChI=1S/C28H29N3O5S2/c1-4-36-27(34)19-5-7-20(8-6-19)29-25(32)17-23-26(33)31(21-9-11-22(35-3)12-10-21)28(37)30(23)15-13-24-18(2)14-16-38-24/h5-12,14,16,23H,4,13,15,17H2,1-3H3,(H,29,32)/t23-/m0/s1. The Labute approximate surface area is 231 Å². The third-order valence-corrected chi connectivity index (χ3v) is 7.76. The van der Waals surface area contributed by atoms with Crippen LogP contribution in [0, 0.1) is 6.92 Å². The van der Waals surface area contributed by atoms with Crippen LogP contribution in [0.15, 0.2) is 60.0 Å². The number of aryl methyl sites for hydroxylation is 1. The van der Waals surface area contributed by atoms with Crippen molar-refractivity contribution in [1.29, 1.82) is 0 Å². The summed E-state index contributed by atoms with van der Waals surface area (Å²) >= 11 is 7.42. The van der Waals surface area contributed by atoms with Gasteiger partial charge in [-0.3, -0.25) is 14.5 Å². The molecule has 1 fully saturated rings. The Morgan fingerprint density at radius 3 is 2.39 bits per heavy atom. The van der Waals surface area contributed by atoms with E-state index in [1.165, 1.54) is 15.3 Å². The van der Waals surface area contributed by atoms with Crippen LogP contribution in [-0.2, 0) is 20.7 Å². The predicted octanol–water partition coefficient (Wildman–Crippen LogP) is 4.82. The zero-order chi connectivity index (χ0) is 27.2. The summed E-state index contributed by atoms with van der Waals surface area (Å²) in [5, 5.41) is 5.23. The van der Waals surface area contributed by atoms with E-state index in [0.717, 1.165) is 0 Å². The van der Waals surface area contributed by atoms with Crippen LogP contribution >= 0.6 is 23.6 Å². The Bertz CT molecular complexity index is 1320. The maximum Gasteiger partial charge on any atom is 0.338 e. The van der Waals surface area contributed by atoms with Crippen molar-refractivity contribution in [1.82, 2.24) is 4.90 Å². The summed E-state index contributed by atoms with van der Waals surface area (Å²) in [7, 11) is 1.58. The van der Waals surface area contributed by atoms with Gasteiger partial charge >= 0.3 is 5.97 Å². The molecule has 0 bridgehead atoms. The topological polar surface area (TPSA) is 88.2 Å². The molecule has 1 aliphatic heterocycles. The minimum absolute atomic E-state index is 0.0747. The van der Waals surface area contributed by atoms with E-state index in [9.17, 15) is 14.4 Å². The normalized spacial score (nSPS) is 15.1. The first-order valence-electron chi connectivity index (χ1n) is 12.2. The first kappa shape index (κ1) is 27.3. The molecule has 0 radical (unpaired) electrons. The molecule has 2 amide bonds. The number of nitrogens with zero attached hydrogens (tertiary/aromatic N) is 2. The lowest BCUT2D eigenvalue weighted by Gasteiger charge is -2.24. The van der Waals surface area contributed by atoms with Gasteiger partial charge in [0.05, 0.1) is 31.4 Å². The molecule has 1 aliphatic rings. The summed E-state index contributed by atoms with van der Waals surface area (Å²) in [4.78, 5) is 43.1. The van der Waals surface area contributed by atoms with E-state index in [4.69, 9.17) is 21.7 Å². The molecule has 198 valence electrons. The third kappa shape index (κ3) is 6.03. The van der Waals surface area contributed by atoms with Crippen molar-refractivity contribution in [3.63, 3.8) is 0 Å². The molecule has 3 aromatic rings. The number of ether oxygens (including phenoxy) is 2. The molecule has 8 nitrogen and oxygen atoms in total. The lowest BCUT2D eigenvalue weighted by Crippen LogP contribution is -2.39. The maximum absolute atomic E-state index is 13.6. The Hall–Kier alpha value is -3.76. The van der Waals surface area contributed by atoms with Crippen LogP contribution in [0.25, 0.3) is 0 Å². The lowest BCUT2D eigenvalue weighted by atomic mass is 10.1. The summed E-state index contributed by atoms with van der Waals surface area (Å²) < 4.78 is 10.2. The smallest absolute Gasteiger partial charge is 0.338 e. The largest absolute Gasteiger partial charge is 0.497 e. The number of benzene rings is 2. The first-order valence-corrected chi connectivity index (χ1v) is 13.5. The third-order valence-electron chi connectivity index (χ3n) is 6.26. The highest BCUT2D eigenvalue weighted by Gasteiger charge is 2.44. The van der Waals surface area contributed by atoms with Gasteiger partial charge in [-0.25, -0.2) is 4.79 Å². The number of esters is 1. The fraction of sp³-hybridized carbons (Fsp3) is 0.286. The minimum atomic E-state index is -0.747. The minimum Gasteiger partial charge on any atom is -0.497 e. The second kappa shape index (κ2) is 12.2. The fourth-order valence-corrected chi connectivity index (χ4v) is 5.54. The van der Waals surface area contributed by atoms with Crippen molar-refractivity contribution in [3.05, 3.63) is 76.0 Å². The molecule has 10 heteroatoms.